The van der Waals surface area contributed by atoms with E-state index >= 15 is 0 Å². The molecule has 18 heavy (non-hydrogen) atoms. The number of hydrogen-bond acceptors (Lipinski definition) is 2. The summed E-state index contributed by atoms with van der Waals surface area (Å²) in [6.45, 7) is 10.5. The van der Waals surface area contributed by atoms with Gasteiger partial charge < -0.3 is 10.6 Å². The normalized spacial score (nSPS) is 28.4. The zero-order valence-corrected chi connectivity index (χ0v) is 12.5. The molecule has 1 aliphatic carbocycles. The molecular weight excluding hydrogens is 224 g/mol. The average Bonchev–Trinajstić information content (AvgIpc) is 2.31. The molecule has 1 fully saturated rings. The Kier molecular flexibility index (Phi) is 6.69. The number of amides is 1. The number of carbonyl (C=O) groups excluding carboxylic acids is 1. The lowest BCUT2D eigenvalue weighted by Crippen LogP contribution is -2.38. The van der Waals surface area contributed by atoms with Crippen molar-refractivity contribution in [3.63, 3.8) is 0 Å². The summed E-state index contributed by atoms with van der Waals surface area (Å²) in [4.78, 5) is 11.6. The zero-order chi connectivity index (χ0) is 13.5. The van der Waals surface area contributed by atoms with E-state index in [1.165, 1.54) is 19.3 Å². The van der Waals surface area contributed by atoms with Gasteiger partial charge in [-0.15, -0.1) is 0 Å². The van der Waals surface area contributed by atoms with E-state index in [9.17, 15) is 4.79 Å². The Labute approximate surface area is 112 Å². The van der Waals surface area contributed by atoms with Gasteiger partial charge in [0.15, 0.2) is 0 Å². The highest BCUT2D eigenvalue weighted by atomic mass is 16.1. The van der Waals surface area contributed by atoms with Crippen LogP contribution in [0, 0.1) is 17.8 Å². The molecule has 1 saturated carbocycles. The minimum absolute atomic E-state index is 0.174. The first-order valence-electron chi connectivity index (χ1n) is 7.49. The quantitative estimate of drug-likeness (QED) is 0.765. The summed E-state index contributed by atoms with van der Waals surface area (Å²) in [7, 11) is 0. The maximum atomic E-state index is 11.6. The molecule has 0 bridgehead atoms. The SMILES string of the molecule is CC(C)CNC(=O)CCNC1CCC(C)C(C)C1. The van der Waals surface area contributed by atoms with Crippen LogP contribution in [-0.4, -0.2) is 25.0 Å². The maximum absolute atomic E-state index is 11.6. The molecule has 0 aromatic carbocycles. The second-order valence-electron chi connectivity index (χ2n) is 6.37. The molecule has 1 aliphatic rings. The third-order valence-corrected chi connectivity index (χ3v) is 4.09. The Morgan fingerprint density at radius 2 is 1.94 bits per heavy atom. The summed E-state index contributed by atoms with van der Waals surface area (Å²) in [5.74, 6) is 2.37. The lowest BCUT2D eigenvalue weighted by molar-refractivity contribution is -0.121. The van der Waals surface area contributed by atoms with Crippen LogP contribution in [0.3, 0.4) is 0 Å². The molecule has 3 nitrogen and oxygen atoms in total. The summed E-state index contributed by atoms with van der Waals surface area (Å²) >= 11 is 0. The highest BCUT2D eigenvalue weighted by Crippen LogP contribution is 2.29. The van der Waals surface area contributed by atoms with E-state index in [4.69, 9.17) is 0 Å². The zero-order valence-electron chi connectivity index (χ0n) is 12.5. The van der Waals surface area contributed by atoms with E-state index in [-0.39, 0.29) is 5.91 Å². The summed E-state index contributed by atoms with van der Waals surface area (Å²) in [6.07, 6.45) is 4.44. The van der Waals surface area contributed by atoms with Gasteiger partial charge in [-0.05, 0) is 37.0 Å². The second-order valence-corrected chi connectivity index (χ2v) is 6.37. The highest BCUT2D eigenvalue weighted by Gasteiger charge is 2.23. The van der Waals surface area contributed by atoms with Crippen molar-refractivity contribution < 1.29 is 4.79 Å². The van der Waals surface area contributed by atoms with Crippen LogP contribution in [0.15, 0.2) is 0 Å². The van der Waals surface area contributed by atoms with Gasteiger partial charge in [0.1, 0.15) is 0 Å². The summed E-state index contributed by atoms with van der Waals surface area (Å²) < 4.78 is 0. The first kappa shape index (κ1) is 15.5. The van der Waals surface area contributed by atoms with Crippen LogP contribution in [0.4, 0.5) is 0 Å². The Hall–Kier alpha value is -0.570. The van der Waals surface area contributed by atoms with E-state index in [1.54, 1.807) is 0 Å². The standard InChI is InChI=1S/C15H30N2O/c1-11(2)10-17-15(18)7-8-16-14-6-5-12(3)13(4)9-14/h11-14,16H,5-10H2,1-4H3,(H,17,18). The Morgan fingerprint density at radius 1 is 1.22 bits per heavy atom. The highest BCUT2D eigenvalue weighted by molar-refractivity contribution is 5.76. The molecule has 0 aliphatic heterocycles. The lowest BCUT2D eigenvalue weighted by Gasteiger charge is -2.32. The third-order valence-electron chi connectivity index (χ3n) is 4.09. The molecule has 1 amide bonds. The molecule has 0 saturated heterocycles. The van der Waals surface area contributed by atoms with Gasteiger partial charge in [0.2, 0.25) is 5.91 Å². The number of carbonyl (C=O) groups is 1. The number of hydrogen-bond donors (Lipinski definition) is 2. The lowest BCUT2D eigenvalue weighted by atomic mass is 9.79. The Bertz CT molecular complexity index is 253. The van der Waals surface area contributed by atoms with Crippen molar-refractivity contribution in [3.05, 3.63) is 0 Å². The fourth-order valence-electron chi connectivity index (χ4n) is 2.53. The van der Waals surface area contributed by atoms with Crippen molar-refractivity contribution in [1.29, 1.82) is 0 Å². The molecule has 1 rings (SSSR count). The molecule has 106 valence electrons. The van der Waals surface area contributed by atoms with Gasteiger partial charge in [0, 0.05) is 25.6 Å². The van der Waals surface area contributed by atoms with Crippen molar-refractivity contribution in [3.8, 4) is 0 Å². The van der Waals surface area contributed by atoms with Crippen molar-refractivity contribution in [2.75, 3.05) is 13.1 Å². The van der Waals surface area contributed by atoms with Crippen molar-refractivity contribution in [2.45, 2.75) is 59.4 Å². The van der Waals surface area contributed by atoms with Crippen LogP contribution in [0.1, 0.15) is 53.4 Å². The van der Waals surface area contributed by atoms with Crippen molar-refractivity contribution >= 4 is 5.91 Å². The van der Waals surface area contributed by atoms with E-state index in [0.29, 0.717) is 18.4 Å². The van der Waals surface area contributed by atoms with Gasteiger partial charge in [0.05, 0.1) is 0 Å². The largest absolute Gasteiger partial charge is 0.356 e. The molecular formula is C15H30N2O. The molecule has 2 N–H and O–H groups in total. The molecule has 0 spiro atoms. The van der Waals surface area contributed by atoms with Crippen LogP contribution in [0.25, 0.3) is 0 Å². The summed E-state index contributed by atoms with van der Waals surface area (Å²) in [5, 5.41) is 6.49. The predicted octanol–water partition coefficient (Wildman–Crippen LogP) is 2.56. The van der Waals surface area contributed by atoms with Crippen LogP contribution in [0.2, 0.25) is 0 Å². The van der Waals surface area contributed by atoms with Gasteiger partial charge in [-0.2, -0.15) is 0 Å². The van der Waals surface area contributed by atoms with E-state index < -0.39 is 0 Å². The fourth-order valence-corrected chi connectivity index (χ4v) is 2.53. The van der Waals surface area contributed by atoms with Crippen LogP contribution in [0.5, 0.6) is 0 Å². The topological polar surface area (TPSA) is 41.1 Å². The van der Waals surface area contributed by atoms with Crippen molar-refractivity contribution in [1.82, 2.24) is 10.6 Å². The molecule has 0 aromatic heterocycles. The average molecular weight is 254 g/mol. The minimum atomic E-state index is 0.174. The number of rotatable bonds is 6. The van der Waals surface area contributed by atoms with Gasteiger partial charge in [0.25, 0.3) is 0 Å². The van der Waals surface area contributed by atoms with E-state index in [1.807, 2.05) is 0 Å². The first-order chi connectivity index (χ1) is 8.49. The smallest absolute Gasteiger partial charge is 0.221 e. The minimum Gasteiger partial charge on any atom is -0.356 e. The van der Waals surface area contributed by atoms with Crippen LogP contribution < -0.4 is 10.6 Å². The van der Waals surface area contributed by atoms with Gasteiger partial charge in [-0.25, -0.2) is 0 Å². The molecule has 0 heterocycles. The van der Waals surface area contributed by atoms with Gasteiger partial charge in [-0.3, -0.25) is 4.79 Å². The Balaban J connectivity index is 2.09. The maximum Gasteiger partial charge on any atom is 0.221 e. The third kappa shape index (κ3) is 5.85. The fraction of sp³-hybridized carbons (Fsp3) is 0.933. The van der Waals surface area contributed by atoms with E-state index in [2.05, 4.69) is 38.3 Å². The van der Waals surface area contributed by atoms with Crippen molar-refractivity contribution in [2.24, 2.45) is 17.8 Å². The second kappa shape index (κ2) is 7.78. The molecule has 0 radical (unpaired) electrons. The summed E-state index contributed by atoms with van der Waals surface area (Å²) in [5.41, 5.74) is 0. The molecule has 3 atom stereocenters. The van der Waals surface area contributed by atoms with Gasteiger partial charge in [-0.1, -0.05) is 27.7 Å². The number of nitrogens with one attached hydrogen (secondary N) is 2. The van der Waals surface area contributed by atoms with Gasteiger partial charge >= 0.3 is 0 Å². The molecule has 3 heteroatoms. The molecule has 0 aromatic rings. The van der Waals surface area contributed by atoms with E-state index in [0.717, 1.165) is 24.9 Å². The first-order valence-corrected chi connectivity index (χ1v) is 7.49. The summed E-state index contributed by atoms with van der Waals surface area (Å²) in [6, 6.07) is 0.620. The predicted molar refractivity (Wildman–Crippen MR) is 76.4 cm³/mol. The Morgan fingerprint density at radius 3 is 2.56 bits per heavy atom. The monoisotopic (exact) mass is 254 g/mol. The van der Waals surface area contributed by atoms with Crippen LogP contribution in [-0.2, 0) is 4.79 Å². The molecule has 3 unspecified atom stereocenters. The van der Waals surface area contributed by atoms with Crippen LogP contribution >= 0.6 is 0 Å².